The first-order valence-corrected chi connectivity index (χ1v) is 23.0. The van der Waals surface area contributed by atoms with Gasteiger partial charge in [0.2, 0.25) is 5.95 Å². The minimum absolute atomic E-state index is 0.260. The van der Waals surface area contributed by atoms with Crippen molar-refractivity contribution in [3.8, 4) is 0 Å². The Hall–Kier alpha value is -6.24. The molecule has 70 heavy (non-hydrogen) atoms. The van der Waals surface area contributed by atoms with Crippen LogP contribution in [0, 0.1) is 0 Å². The van der Waals surface area contributed by atoms with Crippen LogP contribution in [0.25, 0.3) is 22.3 Å². The normalized spacial score (nSPS) is 29.5. The number of aromatic amines is 4. The number of phosphoric ester groups is 2. The third kappa shape index (κ3) is 10.3. The average Bonchev–Trinajstić information content (AvgIpc) is 4.13. The number of ether oxygens (including phenoxy) is 3. The SMILES string of the molecule is Nc1nc2c(ncn2[C@@H]2O[C@H](COP(=O)(O)O[C@H]3[C@@H](O)[C@H](n4ccc(=O)[nH]c4=O)O[C@@H]3CO)[C@@H](OP(=O)(O)OC[C@H]3O[C@@H](n4ccc(=O)[nH]c4=O)[C@H](O)[C@@H]3O)[C@H]2O)c(=O)[nH]1.Nc1ncnc2nc[nH]c12. The lowest BCUT2D eigenvalue weighted by molar-refractivity contribution is -0.0633. The molecule has 3 aliphatic heterocycles. The second kappa shape index (κ2) is 19.9. The zero-order chi connectivity index (χ0) is 50.4. The van der Waals surface area contributed by atoms with Crippen molar-refractivity contribution in [2.45, 2.75) is 73.6 Å². The Kier molecular flexibility index (Phi) is 14.2. The zero-order valence-corrected chi connectivity index (χ0v) is 36.9. The molecule has 3 aliphatic rings. The Balaban J connectivity index is 0.000000580. The fraction of sp³-hybridized carbons (Fsp3) is 0.455. The van der Waals surface area contributed by atoms with E-state index in [1.807, 2.05) is 9.97 Å². The molecule has 0 aromatic carbocycles. The maximum Gasteiger partial charge on any atom is 0.472 e. The summed E-state index contributed by atoms with van der Waals surface area (Å²) in [6.45, 7) is -3.06. The molecule has 3 saturated heterocycles. The van der Waals surface area contributed by atoms with Crippen molar-refractivity contribution in [2.75, 3.05) is 31.3 Å². The van der Waals surface area contributed by atoms with Gasteiger partial charge in [-0.05, 0) is 0 Å². The summed E-state index contributed by atoms with van der Waals surface area (Å²) < 4.78 is 66.2. The van der Waals surface area contributed by atoms with E-state index in [9.17, 15) is 68.4 Å². The quantitative estimate of drug-likeness (QED) is 0.0452. The number of hydrogen-bond acceptors (Lipinski definition) is 26. The van der Waals surface area contributed by atoms with Crippen molar-refractivity contribution >= 4 is 49.7 Å². The molecule has 0 spiro atoms. The van der Waals surface area contributed by atoms with E-state index in [1.54, 1.807) is 0 Å². The molecule has 0 bridgehead atoms. The molecule has 37 heteroatoms. The van der Waals surface area contributed by atoms with Crippen LogP contribution in [-0.4, -0.2) is 169 Å². The maximum absolute atomic E-state index is 13.3. The maximum atomic E-state index is 13.3. The Morgan fingerprint density at radius 1 is 0.686 bits per heavy atom. The van der Waals surface area contributed by atoms with E-state index in [-0.39, 0.29) is 17.1 Å². The number of hydrogen-bond donors (Lipinski definition) is 13. The van der Waals surface area contributed by atoms with Gasteiger partial charge >= 0.3 is 27.0 Å². The molecule has 3 fully saturated rings. The van der Waals surface area contributed by atoms with Gasteiger partial charge < -0.3 is 66.0 Å². The molecule has 6 aromatic heterocycles. The molecule has 378 valence electrons. The van der Waals surface area contributed by atoms with Gasteiger partial charge in [0, 0.05) is 24.5 Å². The van der Waals surface area contributed by atoms with E-state index in [2.05, 4.69) is 34.9 Å². The number of nitrogens with zero attached hydrogens (tertiary/aromatic N) is 8. The Morgan fingerprint density at radius 3 is 1.81 bits per heavy atom. The Morgan fingerprint density at radius 2 is 1.23 bits per heavy atom. The summed E-state index contributed by atoms with van der Waals surface area (Å²) in [6.07, 6.45) is -15.7. The highest BCUT2D eigenvalue weighted by Crippen LogP contribution is 2.52. The molecular formula is C33H40N14O21P2. The van der Waals surface area contributed by atoms with Gasteiger partial charge in [0.15, 0.2) is 41.3 Å². The fourth-order valence-corrected chi connectivity index (χ4v) is 9.34. The molecule has 0 amide bonds. The number of imidazole rings is 2. The molecule has 2 unspecified atom stereocenters. The number of aliphatic hydroxyl groups excluding tert-OH is 5. The smallest absolute Gasteiger partial charge is 0.394 e. The van der Waals surface area contributed by atoms with Crippen molar-refractivity contribution in [3.63, 3.8) is 0 Å². The van der Waals surface area contributed by atoms with E-state index in [1.165, 1.54) is 12.7 Å². The van der Waals surface area contributed by atoms with Crippen molar-refractivity contribution in [2.24, 2.45) is 0 Å². The van der Waals surface area contributed by atoms with Gasteiger partial charge in [0.1, 0.15) is 66.8 Å². The topological polar surface area (TPSA) is 520 Å². The summed E-state index contributed by atoms with van der Waals surface area (Å²) >= 11 is 0. The van der Waals surface area contributed by atoms with E-state index in [4.69, 9.17) is 43.8 Å². The largest absolute Gasteiger partial charge is 0.472 e. The van der Waals surface area contributed by atoms with Gasteiger partial charge in [-0.3, -0.25) is 61.1 Å². The lowest BCUT2D eigenvalue weighted by atomic mass is 10.1. The number of nitrogens with two attached hydrogens (primary N) is 2. The molecule has 6 aromatic rings. The Bertz CT molecular complexity index is 3270. The number of nitrogens with one attached hydrogen (secondary N) is 4. The summed E-state index contributed by atoms with van der Waals surface area (Å²) in [5, 5.41) is 53.2. The number of rotatable bonds is 14. The van der Waals surface area contributed by atoms with Crippen LogP contribution in [0.5, 0.6) is 0 Å². The first kappa shape index (κ1) is 50.2. The van der Waals surface area contributed by atoms with Crippen LogP contribution in [0.4, 0.5) is 11.8 Å². The summed E-state index contributed by atoms with van der Waals surface area (Å²) in [6, 6.07) is 1.84. The summed E-state index contributed by atoms with van der Waals surface area (Å²) in [5.41, 5.74) is 7.47. The van der Waals surface area contributed by atoms with E-state index >= 15 is 0 Å². The third-order valence-corrected chi connectivity index (χ3v) is 12.6. The molecule has 0 radical (unpaired) electrons. The van der Waals surface area contributed by atoms with E-state index in [0.717, 1.165) is 44.6 Å². The predicted molar refractivity (Wildman–Crippen MR) is 225 cm³/mol. The number of phosphoric acid groups is 2. The van der Waals surface area contributed by atoms with Crippen LogP contribution in [0.2, 0.25) is 0 Å². The summed E-state index contributed by atoms with van der Waals surface area (Å²) in [7, 11) is -10.8. The van der Waals surface area contributed by atoms with Crippen molar-refractivity contribution in [1.82, 2.24) is 58.6 Å². The molecule has 14 atom stereocenters. The third-order valence-electron chi connectivity index (χ3n) is 10.7. The number of anilines is 2. The minimum Gasteiger partial charge on any atom is -0.394 e. The first-order chi connectivity index (χ1) is 33.1. The highest BCUT2D eigenvalue weighted by molar-refractivity contribution is 7.47. The van der Waals surface area contributed by atoms with Crippen molar-refractivity contribution < 1.29 is 76.8 Å². The van der Waals surface area contributed by atoms with Crippen LogP contribution in [0.3, 0.4) is 0 Å². The van der Waals surface area contributed by atoms with Crippen molar-refractivity contribution in [3.05, 3.63) is 95.5 Å². The highest BCUT2D eigenvalue weighted by Gasteiger charge is 2.53. The van der Waals surface area contributed by atoms with Gasteiger partial charge in [-0.25, -0.2) is 38.7 Å². The van der Waals surface area contributed by atoms with E-state index in [0.29, 0.717) is 17.0 Å². The van der Waals surface area contributed by atoms with Crippen molar-refractivity contribution in [1.29, 1.82) is 0 Å². The number of aliphatic hydroxyl groups is 5. The van der Waals surface area contributed by atoms with E-state index < -0.39 is 137 Å². The highest BCUT2D eigenvalue weighted by atomic mass is 31.2. The number of fused-ring (bicyclic) bond motifs is 2. The molecule has 0 aliphatic carbocycles. The van der Waals surface area contributed by atoms with Crippen LogP contribution < -0.4 is 39.5 Å². The predicted octanol–water partition coefficient (Wildman–Crippen LogP) is -6.13. The van der Waals surface area contributed by atoms with Gasteiger partial charge in [-0.2, -0.15) is 4.98 Å². The lowest BCUT2D eigenvalue weighted by Gasteiger charge is -2.25. The van der Waals surface area contributed by atoms with Crippen LogP contribution in [0.1, 0.15) is 18.7 Å². The summed E-state index contributed by atoms with van der Waals surface area (Å²) in [5.74, 6) is 0.0459. The van der Waals surface area contributed by atoms with Gasteiger partial charge in [0.05, 0.1) is 32.5 Å². The molecule has 9 rings (SSSR count). The monoisotopic (exact) mass is 1030 g/mol. The van der Waals surface area contributed by atoms with Crippen LogP contribution in [-0.2, 0) is 41.4 Å². The fourth-order valence-electron chi connectivity index (χ4n) is 7.41. The standard InChI is InChI=1S/C28H35N9O21P2.C5H5N5/c29-26-33-21-14(22(45)34-26)30-8-37(21)25-18(44)20(58-59(48,49)52-6-10-15(41)16(42)23(55-10)35-3-1-12(39)31-27(35)46)11(56-25)7-53-60(50,51)57-19-9(5-38)54-24(17(19)43)36-4-2-13(40)32-28(36)47;6-4-3-5(9-1-7-3)10-2-8-4/h1-4,8-11,15-20,23-25,38,41-44H,5-7H2,(H,48,49)(H,50,51)(H,31,39,46)(H,32,40,47)(H3,29,33,34,45);1-2H,(H3,6,7,8,9,10)/t9-,10-,11-,15-,16-,17-,18-,19-,20-,23-,24-,25-;/m1./s1. The molecule has 15 N–H and O–H groups in total. The van der Waals surface area contributed by atoms with Crippen LogP contribution in [0.15, 0.2) is 67.5 Å². The second-order valence-electron chi connectivity index (χ2n) is 15.2. The molecule has 0 saturated carbocycles. The zero-order valence-electron chi connectivity index (χ0n) is 35.1. The molecule has 9 heterocycles. The molecular weight excluding hydrogens is 990 g/mol. The lowest BCUT2D eigenvalue weighted by Crippen LogP contribution is -2.39. The van der Waals surface area contributed by atoms with Crippen LogP contribution >= 0.6 is 15.6 Å². The molecule has 35 nitrogen and oxygen atoms in total. The van der Waals surface area contributed by atoms with Gasteiger partial charge in [-0.1, -0.05) is 0 Å². The second-order valence-corrected chi connectivity index (χ2v) is 18.0. The number of nitrogen functional groups attached to an aromatic ring is 2. The average molecular weight is 1030 g/mol. The number of H-pyrrole nitrogens is 4. The Labute approximate surface area is 385 Å². The van der Waals surface area contributed by atoms with Gasteiger partial charge in [-0.15, -0.1) is 0 Å². The summed E-state index contributed by atoms with van der Waals surface area (Å²) in [4.78, 5) is 110. The van der Waals surface area contributed by atoms with Gasteiger partial charge in [0.25, 0.3) is 16.7 Å². The number of aromatic nitrogens is 12. The first-order valence-electron chi connectivity index (χ1n) is 20.0. The minimum atomic E-state index is -5.43.